The number of H-pyrrole nitrogens is 1. The van der Waals surface area contributed by atoms with Gasteiger partial charge in [0, 0.05) is 12.6 Å². The molecule has 5 atom stereocenters. The zero-order valence-corrected chi connectivity index (χ0v) is 26.9. The van der Waals surface area contributed by atoms with Crippen LogP contribution in [0.4, 0.5) is 5.95 Å². The summed E-state index contributed by atoms with van der Waals surface area (Å²) in [5.74, 6) is 5.83. The number of rotatable bonds is 8. The van der Waals surface area contributed by atoms with Crippen LogP contribution in [0, 0.1) is 11.8 Å². The summed E-state index contributed by atoms with van der Waals surface area (Å²) in [5.41, 5.74) is 5.57. The molecular formula is C19H19N4O13P3S4. The maximum absolute atomic E-state index is 12.8. The minimum atomic E-state index is -5.72. The molecule has 5 rings (SSSR count). The first kappa shape index (κ1) is 33.1. The number of phosphoric ester groups is 1. The second kappa shape index (κ2) is 12.9. The van der Waals surface area contributed by atoms with E-state index in [1.54, 1.807) is 35.3 Å². The molecule has 0 spiro atoms. The molecule has 8 N–H and O–H groups in total. The van der Waals surface area contributed by atoms with Crippen molar-refractivity contribution in [2.75, 3.05) is 12.3 Å². The summed E-state index contributed by atoms with van der Waals surface area (Å²) in [6.07, 6.45) is -2.24. The van der Waals surface area contributed by atoms with E-state index in [0.717, 1.165) is 13.4 Å². The van der Waals surface area contributed by atoms with E-state index in [0.29, 0.717) is 0 Å². The number of nitrogens with zero attached hydrogens (tertiary/aromatic N) is 2. The van der Waals surface area contributed by atoms with Crippen LogP contribution in [0.1, 0.15) is 18.2 Å². The van der Waals surface area contributed by atoms with Crippen molar-refractivity contribution in [3.05, 3.63) is 51.7 Å². The Morgan fingerprint density at radius 2 is 1.81 bits per heavy atom. The molecule has 5 heterocycles. The number of anilines is 1. The molecule has 17 nitrogen and oxygen atoms in total. The number of aliphatic hydroxyl groups excluding tert-OH is 1. The summed E-state index contributed by atoms with van der Waals surface area (Å²) in [6.45, 7) is -0.865. The highest BCUT2D eigenvalue weighted by molar-refractivity contribution is 8.33. The van der Waals surface area contributed by atoms with Crippen molar-refractivity contribution < 1.29 is 56.3 Å². The van der Waals surface area contributed by atoms with Crippen LogP contribution in [-0.4, -0.2) is 58.0 Å². The molecule has 2 aromatic rings. The van der Waals surface area contributed by atoms with E-state index >= 15 is 0 Å². The lowest BCUT2D eigenvalue weighted by atomic mass is 10.2. The Bertz CT molecular complexity index is 1820. The van der Waals surface area contributed by atoms with Crippen LogP contribution in [0.25, 0.3) is 11.0 Å². The highest BCUT2D eigenvalue weighted by atomic mass is 32.2. The van der Waals surface area contributed by atoms with Gasteiger partial charge in [0.15, 0.2) is 5.65 Å². The van der Waals surface area contributed by atoms with Gasteiger partial charge < -0.3 is 39.7 Å². The second-order valence-corrected chi connectivity index (χ2v) is 17.2. The van der Waals surface area contributed by atoms with Crippen molar-refractivity contribution in [1.82, 2.24) is 14.5 Å². The number of aromatic nitrogens is 3. The lowest BCUT2D eigenvalue weighted by Crippen LogP contribution is -2.26. The number of nitrogens with two attached hydrogens (primary N) is 1. The van der Waals surface area contributed by atoms with Gasteiger partial charge in [-0.2, -0.15) is 13.6 Å². The third-order valence-electron chi connectivity index (χ3n) is 5.40. The van der Waals surface area contributed by atoms with E-state index in [2.05, 4.69) is 35.0 Å². The van der Waals surface area contributed by atoms with Crippen LogP contribution in [0.5, 0.6) is 0 Å². The van der Waals surface area contributed by atoms with Gasteiger partial charge in [-0.15, -0.1) is 0 Å². The molecular weight excluding hydrogens is 713 g/mol. The normalized spacial score (nSPS) is 25.0. The number of hydrogen-bond acceptors (Lipinski definition) is 15. The zero-order valence-electron chi connectivity index (χ0n) is 20.9. The molecule has 2 unspecified atom stereocenters. The van der Waals surface area contributed by atoms with Gasteiger partial charge in [-0.25, -0.2) is 13.7 Å². The van der Waals surface area contributed by atoms with Gasteiger partial charge in [0.1, 0.15) is 12.3 Å². The third-order valence-corrected chi connectivity index (χ3v) is 14.1. The lowest BCUT2D eigenvalue weighted by molar-refractivity contribution is -0.0421. The van der Waals surface area contributed by atoms with Crippen LogP contribution in [0.15, 0.2) is 40.6 Å². The molecule has 2 aromatic heterocycles. The second-order valence-electron chi connectivity index (χ2n) is 8.45. The Morgan fingerprint density at radius 3 is 2.51 bits per heavy atom. The van der Waals surface area contributed by atoms with Crippen molar-refractivity contribution in [3.63, 3.8) is 0 Å². The average molecular weight is 733 g/mol. The van der Waals surface area contributed by atoms with Crippen LogP contribution >= 0.6 is 70.5 Å². The largest absolute Gasteiger partial charge is 0.490 e. The van der Waals surface area contributed by atoms with E-state index in [1.807, 2.05) is 16.2 Å². The number of aliphatic hydroxyl groups is 1. The monoisotopic (exact) mass is 732 g/mol. The standard InChI is InChI=1S/C19H19N4O13P3S4/c20-19-21-15-14(16(25)22-19)9(1-2-10-8-42-18(43-10)17-40-3-4-41-17)6-23(15)13-5-11(24)12(34-13)7-33-38(29,30)36-39(31,32)35-37(26,27)28/h3-4,6,8,11-13,24H,5,7H2,(H,29,30)(H,31,32)(H2,26,27,28)(H3,20,21,22,25)/t11-,12+,13+/m0/s1. The first-order valence-electron chi connectivity index (χ1n) is 11.4. The predicted octanol–water partition coefficient (Wildman–Crippen LogP) is 3.05. The maximum Gasteiger partial charge on any atom is 0.490 e. The molecule has 0 radical (unpaired) electrons. The highest BCUT2D eigenvalue weighted by Crippen LogP contribution is 2.66. The van der Waals surface area contributed by atoms with E-state index in [4.69, 9.17) is 20.3 Å². The fourth-order valence-electron chi connectivity index (χ4n) is 3.83. The smallest absolute Gasteiger partial charge is 0.390 e. The highest BCUT2D eigenvalue weighted by Gasteiger charge is 2.43. The summed E-state index contributed by atoms with van der Waals surface area (Å²) in [5, 5.41) is 16.5. The number of nitrogen functional groups attached to an aromatic ring is 1. The van der Waals surface area contributed by atoms with Gasteiger partial charge in [0.25, 0.3) is 5.56 Å². The first-order chi connectivity index (χ1) is 20.1. The molecule has 0 amide bonds. The lowest BCUT2D eigenvalue weighted by Gasteiger charge is -2.19. The molecule has 0 bridgehead atoms. The molecule has 0 saturated carbocycles. The van der Waals surface area contributed by atoms with E-state index in [-0.39, 0.29) is 29.0 Å². The van der Waals surface area contributed by atoms with Crippen molar-refractivity contribution in [1.29, 1.82) is 0 Å². The Labute approximate surface area is 258 Å². The minimum Gasteiger partial charge on any atom is -0.390 e. The van der Waals surface area contributed by atoms with Gasteiger partial charge in [-0.3, -0.25) is 14.3 Å². The first-order valence-corrected chi connectivity index (χ1v) is 19.4. The molecule has 1 saturated heterocycles. The Kier molecular flexibility index (Phi) is 9.89. The SMILES string of the molecule is Nc1nc2c(c(C#CC3=CSC(=C4SC=CS4)S3)cn2[C@H]2C[C@H](O)[C@@H](COP(=O)(O)OP(=O)(O)OP(=O)(O)O)O2)c(=O)[nH]1. The van der Waals surface area contributed by atoms with Crippen molar-refractivity contribution >= 4 is 87.5 Å². The number of hydrogen-bond donors (Lipinski definition) is 7. The molecule has 3 aliphatic rings. The molecule has 0 aromatic carbocycles. The van der Waals surface area contributed by atoms with Crippen LogP contribution in [-0.2, 0) is 31.6 Å². The molecule has 3 aliphatic heterocycles. The zero-order chi connectivity index (χ0) is 31.2. The number of fused-ring (bicyclic) bond motifs is 1. The van der Waals surface area contributed by atoms with Gasteiger partial charge in [-0.1, -0.05) is 58.9 Å². The molecule has 24 heteroatoms. The number of thioether (sulfide) groups is 4. The summed E-state index contributed by atoms with van der Waals surface area (Å²) < 4.78 is 55.7. The summed E-state index contributed by atoms with van der Waals surface area (Å²) >= 11 is 6.29. The van der Waals surface area contributed by atoms with Crippen molar-refractivity contribution in [3.8, 4) is 11.8 Å². The van der Waals surface area contributed by atoms with Gasteiger partial charge >= 0.3 is 23.5 Å². The van der Waals surface area contributed by atoms with Crippen LogP contribution in [0.3, 0.4) is 0 Å². The number of allylic oxidation sites excluding steroid dienone is 1. The fourth-order valence-corrected chi connectivity index (χ4v) is 11.1. The predicted molar refractivity (Wildman–Crippen MR) is 161 cm³/mol. The number of aromatic amines is 1. The summed E-state index contributed by atoms with van der Waals surface area (Å²) in [4.78, 5) is 56.5. The Morgan fingerprint density at radius 1 is 1.09 bits per heavy atom. The Balaban J connectivity index is 1.33. The summed E-state index contributed by atoms with van der Waals surface area (Å²) in [6, 6.07) is 0. The van der Waals surface area contributed by atoms with Crippen LogP contribution in [0.2, 0.25) is 0 Å². The quantitative estimate of drug-likeness (QED) is 0.152. The molecule has 43 heavy (non-hydrogen) atoms. The van der Waals surface area contributed by atoms with Gasteiger partial charge in [0.05, 0.1) is 37.0 Å². The average Bonchev–Trinajstić information content (AvgIpc) is 3.65. The number of ether oxygens (including phenoxy) is 1. The molecule has 0 aliphatic carbocycles. The fraction of sp³-hybridized carbons (Fsp3) is 0.263. The van der Waals surface area contributed by atoms with Gasteiger partial charge in [0.2, 0.25) is 5.95 Å². The molecule has 1 fully saturated rings. The number of nitrogens with one attached hydrogen (secondary N) is 1. The Hall–Kier alpha value is -1.27. The maximum atomic E-state index is 12.8. The van der Waals surface area contributed by atoms with Crippen molar-refractivity contribution in [2.24, 2.45) is 0 Å². The van der Waals surface area contributed by atoms with E-state index < -0.39 is 54.1 Å². The van der Waals surface area contributed by atoms with Crippen LogP contribution < -0.4 is 11.3 Å². The van der Waals surface area contributed by atoms with E-state index in [9.17, 15) is 33.4 Å². The van der Waals surface area contributed by atoms with Gasteiger partial charge in [-0.05, 0) is 16.2 Å². The van der Waals surface area contributed by atoms with E-state index in [1.165, 1.54) is 22.5 Å². The number of phosphoric acid groups is 3. The topological polar surface area (TPSA) is 266 Å². The molecule has 232 valence electrons. The van der Waals surface area contributed by atoms with Crippen molar-refractivity contribution in [2.45, 2.75) is 24.9 Å². The summed E-state index contributed by atoms with van der Waals surface area (Å²) in [7, 11) is -16.7. The minimum absolute atomic E-state index is 0.0892. The third kappa shape index (κ3) is 8.31.